The van der Waals surface area contributed by atoms with Crippen molar-refractivity contribution in [1.29, 1.82) is 0 Å². The maximum absolute atomic E-state index is 13.5. The molecule has 1 N–H and O–H groups in total. The molecule has 1 unspecified atom stereocenters. The molecule has 1 amide bonds. The third-order valence-corrected chi connectivity index (χ3v) is 7.02. The zero-order valence-corrected chi connectivity index (χ0v) is 20.4. The Morgan fingerprint density at radius 3 is 2.51 bits per heavy atom. The molecule has 178 valence electrons. The van der Waals surface area contributed by atoms with Crippen molar-refractivity contribution < 1.29 is 4.79 Å². The first-order valence-electron chi connectivity index (χ1n) is 12.5. The molecule has 4 heteroatoms. The number of nitrogens with one attached hydrogen (secondary N) is 1. The van der Waals surface area contributed by atoms with Crippen molar-refractivity contribution in [3.8, 4) is 0 Å². The molecule has 0 aliphatic carbocycles. The highest BCUT2D eigenvalue weighted by Gasteiger charge is 2.26. The maximum atomic E-state index is 13.5. The van der Waals surface area contributed by atoms with Crippen LogP contribution in [0.25, 0.3) is 17.0 Å². The van der Waals surface area contributed by atoms with Gasteiger partial charge in [-0.3, -0.25) is 9.69 Å². The molecule has 2 heterocycles. The van der Waals surface area contributed by atoms with Crippen LogP contribution in [0.3, 0.4) is 0 Å². The van der Waals surface area contributed by atoms with Crippen molar-refractivity contribution in [2.45, 2.75) is 19.3 Å². The standard InChI is InChI=1S/C31H33N3O/c1-24-9-7-13-26(21-24)28(29-23-32-30-15-6-5-14-27(29)30)22-31(35)34-19-17-33(18-20-34)16-8-12-25-10-3-2-4-11-25/h2-15,21,23,28,32H,16-20,22H2,1H3. The molecular weight excluding hydrogens is 430 g/mol. The molecule has 4 aromatic rings. The Morgan fingerprint density at radius 1 is 0.943 bits per heavy atom. The molecule has 1 fully saturated rings. The van der Waals surface area contributed by atoms with E-state index >= 15 is 0 Å². The molecule has 3 aromatic carbocycles. The molecule has 35 heavy (non-hydrogen) atoms. The summed E-state index contributed by atoms with van der Waals surface area (Å²) in [7, 11) is 0. The molecule has 0 radical (unpaired) electrons. The molecular formula is C31H33N3O. The summed E-state index contributed by atoms with van der Waals surface area (Å²) in [5.41, 5.74) is 5.96. The lowest BCUT2D eigenvalue weighted by molar-refractivity contribution is -0.133. The first-order valence-corrected chi connectivity index (χ1v) is 12.5. The average molecular weight is 464 g/mol. The van der Waals surface area contributed by atoms with Crippen LogP contribution < -0.4 is 0 Å². The van der Waals surface area contributed by atoms with Crippen LogP contribution in [0.2, 0.25) is 0 Å². The van der Waals surface area contributed by atoms with Crippen LogP contribution in [0.5, 0.6) is 0 Å². The Labute approximate surface area is 207 Å². The predicted molar refractivity (Wildman–Crippen MR) is 144 cm³/mol. The van der Waals surface area contributed by atoms with Crippen molar-refractivity contribution in [2.24, 2.45) is 0 Å². The van der Waals surface area contributed by atoms with E-state index in [4.69, 9.17) is 0 Å². The number of aromatic nitrogens is 1. The SMILES string of the molecule is Cc1cccc(C(CC(=O)N2CCN(CC=Cc3ccccc3)CC2)c2c[nH]c3ccccc23)c1. The van der Waals surface area contributed by atoms with Crippen LogP contribution in [-0.2, 0) is 4.79 Å². The molecule has 0 saturated carbocycles. The Hall–Kier alpha value is -3.63. The number of fused-ring (bicyclic) bond motifs is 1. The molecule has 4 nitrogen and oxygen atoms in total. The van der Waals surface area contributed by atoms with Crippen LogP contribution in [0, 0.1) is 6.92 Å². The molecule has 1 saturated heterocycles. The van der Waals surface area contributed by atoms with Gasteiger partial charge in [0.1, 0.15) is 0 Å². The zero-order chi connectivity index (χ0) is 24.0. The number of aryl methyl sites for hydroxylation is 1. The number of para-hydroxylation sites is 1. The van der Waals surface area contributed by atoms with E-state index in [2.05, 4.69) is 107 Å². The average Bonchev–Trinajstić information content (AvgIpc) is 3.32. The second-order valence-electron chi connectivity index (χ2n) is 9.45. The highest BCUT2D eigenvalue weighted by Crippen LogP contribution is 2.34. The third kappa shape index (κ3) is 5.55. The Bertz CT molecular complexity index is 1300. The molecule has 0 bridgehead atoms. The number of carbonyl (C=O) groups is 1. The summed E-state index contributed by atoms with van der Waals surface area (Å²) in [6.45, 7) is 6.42. The van der Waals surface area contributed by atoms with E-state index < -0.39 is 0 Å². The largest absolute Gasteiger partial charge is 0.361 e. The number of hydrogen-bond acceptors (Lipinski definition) is 2. The second kappa shape index (κ2) is 10.7. The van der Waals surface area contributed by atoms with Crippen LogP contribution >= 0.6 is 0 Å². The van der Waals surface area contributed by atoms with Gasteiger partial charge in [0.25, 0.3) is 0 Å². The second-order valence-corrected chi connectivity index (χ2v) is 9.45. The number of rotatable bonds is 7. The van der Waals surface area contributed by atoms with Crippen molar-refractivity contribution in [3.05, 3.63) is 113 Å². The van der Waals surface area contributed by atoms with Gasteiger partial charge in [-0.25, -0.2) is 0 Å². The van der Waals surface area contributed by atoms with Gasteiger partial charge in [-0.2, -0.15) is 0 Å². The van der Waals surface area contributed by atoms with Crippen LogP contribution in [-0.4, -0.2) is 53.4 Å². The minimum atomic E-state index is 0.0328. The topological polar surface area (TPSA) is 39.3 Å². The summed E-state index contributed by atoms with van der Waals surface area (Å²) in [5, 5.41) is 1.20. The Kier molecular flexibility index (Phi) is 7.10. The van der Waals surface area contributed by atoms with Gasteiger partial charge in [0.05, 0.1) is 0 Å². The molecule has 0 spiro atoms. The molecule has 1 aliphatic heterocycles. The summed E-state index contributed by atoms with van der Waals surface area (Å²) >= 11 is 0. The highest BCUT2D eigenvalue weighted by atomic mass is 16.2. The van der Waals surface area contributed by atoms with E-state index in [9.17, 15) is 4.79 Å². The van der Waals surface area contributed by atoms with E-state index in [0.717, 1.165) is 38.2 Å². The Balaban J connectivity index is 1.25. The quantitative estimate of drug-likeness (QED) is 0.373. The normalized spacial score (nSPS) is 15.6. The van der Waals surface area contributed by atoms with E-state index in [1.807, 2.05) is 12.1 Å². The monoisotopic (exact) mass is 463 g/mol. The van der Waals surface area contributed by atoms with Gasteiger partial charge >= 0.3 is 0 Å². The lowest BCUT2D eigenvalue weighted by atomic mass is 9.87. The number of H-pyrrole nitrogens is 1. The van der Waals surface area contributed by atoms with E-state index in [0.29, 0.717) is 6.42 Å². The third-order valence-electron chi connectivity index (χ3n) is 7.02. The number of nitrogens with zero attached hydrogens (tertiary/aromatic N) is 2. The number of benzene rings is 3. The number of amides is 1. The summed E-state index contributed by atoms with van der Waals surface area (Å²) in [6.07, 6.45) is 6.96. The van der Waals surface area contributed by atoms with Crippen molar-refractivity contribution in [3.63, 3.8) is 0 Å². The van der Waals surface area contributed by atoms with Crippen LogP contribution in [0.4, 0.5) is 0 Å². The maximum Gasteiger partial charge on any atom is 0.223 e. The van der Waals surface area contributed by atoms with Gasteiger partial charge in [-0.05, 0) is 29.7 Å². The molecule has 1 aromatic heterocycles. The summed E-state index contributed by atoms with van der Waals surface area (Å²) in [4.78, 5) is 21.4. The van der Waals surface area contributed by atoms with Crippen LogP contribution in [0.1, 0.15) is 34.6 Å². The fourth-order valence-corrected chi connectivity index (χ4v) is 5.06. The highest BCUT2D eigenvalue weighted by molar-refractivity contribution is 5.86. The van der Waals surface area contributed by atoms with Gasteiger partial charge < -0.3 is 9.88 Å². The van der Waals surface area contributed by atoms with E-state index in [-0.39, 0.29) is 11.8 Å². The zero-order valence-electron chi connectivity index (χ0n) is 20.4. The smallest absolute Gasteiger partial charge is 0.223 e. The Morgan fingerprint density at radius 2 is 1.71 bits per heavy atom. The fourth-order valence-electron chi connectivity index (χ4n) is 5.06. The number of hydrogen-bond donors (Lipinski definition) is 1. The van der Waals surface area contributed by atoms with Gasteiger partial charge in [0.2, 0.25) is 5.91 Å². The lowest BCUT2D eigenvalue weighted by Crippen LogP contribution is -2.48. The van der Waals surface area contributed by atoms with Gasteiger partial charge in [0, 0.05) is 62.2 Å². The predicted octanol–water partition coefficient (Wildman–Crippen LogP) is 5.86. The van der Waals surface area contributed by atoms with E-state index in [1.165, 1.54) is 27.6 Å². The first kappa shape index (κ1) is 23.1. The molecule has 1 atom stereocenters. The summed E-state index contributed by atoms with van der Waals surface area (Å²) in [6, 6.07) is 27.3. The molecule has 5 rings (SSSR count). The summed E-state index contributed by atoms with van der Waals surface area (Å²) < 4.78 is 0. The van der Waals surface area contributed by atoms with Crippen molar-refractivity contribution in [1.82, 2.24) is 14.8 Å². The van der Waals surface area contributed by atoms with Gasteiger partial charge in [-0.1, -0.05) is 90.5 Å². The van der Waals surface area contributed by atoms with Gasteiger partial charge in [-0.15, -0.1) is 0 Å². The van der Waals surface area contributed by atoms with Gasteiger partial charge in [0.15, 0.2) is 0 Å². The number of aromatic amines is 1. The summed E-state index contributed by atoms with van der Waals surface area (Å²) in [5.74, 6) is 0.270. The van der Waals surface area contributed by atoms with Crippen LogP contribution in [0.15, 0.2) is 91.1 Å². The minimum Gasteiger partial charge on any atom is -0.361 e. The van der Waals surface area contributed by atoms with Crippen molar-refractivity contribution in [2.75, 3.05) is 32.7 Å². The number of piperazine rings is 1. The lowest BCUT2D eigenvalue weighted by Gasteiger charge is -2.35. The van der Waals surface area contributed by atoms with Crippen molar-refractivity contribution >= 4 is 22.9 Å². The number of carbonyl (C=O) groups excluding carboxylic acids is 1. The molecule has 1 aliphatic rings. The first-order chi connectivity index (χ1) is 17.2. The van der Waals surface area contributed by atoms with E-state index in [1.54, 1.807) is 0 Å². The fraction of sp³-hybridized carbons (Fsp3) is 0.258. The minimum absolute atomic E-state index is 0.0328.